The van der Waals surface area contributed by atoms with Gasteiger partial charge in [0.05, 0.1) is 18.1 Å². The molecule has 0 amide bonds. The Balaban J connectivity index is 1.51. The van der Waals surface area contributed by atoms with Crippen LogP contribution in [-0.2, 0) is 4.79 Å². The van der Waals surface area contributed by atoms with Crippen LogP contribution >= 0.6 is 0 Å². The van der Waals surface area contributed by atoms with Crippen LogP contribution in [0.1, 0.15) is 50.0 Å². The van der Waals surface area contributed by atoms with Gasteiger partial charge in [0.1, 0.15) is 5.78 Å². The zero-order chi connectivity index (χ0) is 17.2. The van der Waals surface area contributed by atoms with Gasteiger partial charge in [-0.15, -0.1) is 0 Å². The number of Topliss-reactive ketones (excluding diaryl/α,β-unsaturated/α-hetero) is 1. The summed E-state index contributed by atoms with van der Waals surface area (Å²) in [5.74, 6) is 1.49. The van der Waals surface area contributed by atoms with Crippen LogP contribution < -0.4 is 0 Å². The van der Waals surface area contributed by atoms with Gasteiger partial charge < -0.3 is 0 Å². The molecule has 5 saturated carbocycles. The molecule has 1 aromatic heterocycles. The van der Waals surface area contributed by atoms with Crippen molar-refractivity contribution in [1.29, 1.82) is 10.5 Å². The van der Waals surface area contributed by atoms with Crippen LogP contribution in [0.4, 0.5) is 0 Å². The molecular weight excluding hydrogens is 310 g/mol. The first kappa shape index (κ1) is 15.1. The quantitative estimate of drug-likeness (QED) is 0.847. The van der Waals surface area contributed by atoms with Gasteiger partial charge in [-0.25, -0.2) is 0 Å². The molecule has 4 heteroatoms. The van der Waals surface area contributed by atoms with E-state index in [9.17, 15) is 15.3 Å². The fraction of sp³-hybridized carbons (Fsp3) is 0.619. The number of carbonyl (C=O) groups is 1. The van der Waals surface area contributed by atoms with Gasteiger partial charge in [0, 0.05) is 23.7 Å². The second-order valence-electron chi connectivity index (χ2n) is 8.90. The molecular formula is C21H21N3O. The molecule has 0 unspecified atom stereocenters. The van der Waals surface area contributed by atoms with Crippen LogP contribution in [-0.4, -0.2) is 10.8 Å². The second kappa shape index (κ2) is 4.92. The molecule has 1 heterocycles. The molecule has 5 aliphatic carbocycles. The average molecular weight is 331 g/mol. The first-order valence-corrected chi connectivity index (χ1v) is 9.38. The molecule has 0 spiro atoms. The van der Waals surface area contributed by atoms with Crippen molar-refractivity contribution < 1.29 is 4.79 Å². The lowest BCUT2D eigenvalue weighted by molar-refractivity contribution is -0.145. The van der Waals surface area contributed by atoms with Gasteiger partial charge in [0.25, 0.3) is 0 Å². The Bertz CT molecular complexity index is 766. The standard InChI is InChI=1S/C21H21N3O/c22-11-21(12-23)17(16-2-1-3-24-10-16)18(21)19(25)20-7-13-4-14(8-20)6-15(5-13)9-20/h1-3,10,13-15,17-18H,4-9H2/t13?,14?,15?,17-,18-,20?/m1/s1. The molecule has 5 aliphatic rings. The number of rotatable bonds is 3. The second-order valence-corrected chi connectivity index (χ2v) is 8.90. The van der Waals surface area contributed by atoms with E-state index in [-0.39, 0.29) is 17.1 Å². The largest absolute Gasteiger partial charge is 0.299 e. The monoisotopic (exact) mass is 331 g/mol. The lowest BCUT2D eigenvalue weighted by Crippen LogP contribution is -2.50. The Morgan fingerprint density at radius 1 is 1.08 bits per heavy atom. The number of nitrogens with zero attached hydrogens (tertiary/aromatic N) is 3. The van der Waals surface area contributed by atoms with Crippen LogP contribution in [0.2, 0.25) is 0 Å². The van der Waals surface area contributed by atoms with Crippen LogP contribution in [0.15, 0.2) is 24.5 Å². The van der Waals surface area contributed by atoms with E-state index in [1.54, 1.807) is 12.4 Å². The lowest BCUT2D eigenvalue weighted by Gasteiger charge is -2.56. The zero-order valence-electron chi connectivity index (χ0n) is 14.2. The number of ketones is 1. The third-order valence-electron chi connectivity index (χ3n) is 7.46. The molecule has 0 saturated heterocycles. The maximum absolute atomic E-state index is 13.7. The third kappa shape index (κ3) is 1.92. The summed E-state index contributed by atoms with van der Waals surface area (Å²) in [7, 11) is 0. The predicted octanol–water partition coefficient (Wildman–Crippen LogP) is 3.61. The summed E-state index contributed by atoms with van der Waals surface area (Å²) in [6, 6.07) is 8.12. The smallest absolute Gasteiger partial charge is 0.161 e. The Morgan fingerprint density at radius 3 is 2.16 bits per heavy atom. The number of hydrogen-bond acceptors (Lipinski definition) is 4. The number of pyridine rings is 1. The summed E-state index contributed by atoms with van der Waals surface area (Å²) in [6.45, 7) is 0. The molecule has 126 valence electrons. The highest BCUT2D eigenvalue weighted by Crippen LogP contribution is 2.70. The molecule has 4 nitrogen and oxygen atoms in total. The van der Waals surface area contributed by atoms with Crippen LogP contribution in [0.5, 0.6) is 0 Å². The van der Waals surface area contributed by atoms with Gasteiger partial charge in [-0.2, -0.15) is 10.5 Å². The Morgan fingerprint density at radius 2 is 1.68 bits per heavy atom. The zero-order valence-corrected chi connectivity index (χ0v) is 14.2. The maximum Gasteiger partial charge on any atom is 0.161 e. The Labute approximate surface area is 147 Å². The highest BCUT2D eigenvalue weighted by molar-refractivity contribution is 5.94. The number of aromatic nitrogens is 1. The van der Waals surface area contributed by atoms with Crippen molar-refractivity contribution >= 4 is 5.78 Å². The minimum Gasteiger partial charge on any atom is -0.299 e. The molecule has 0 radical (unpaired) electrons. The normalized spacial score (nSPS) is 42.4. The van der Waals surface area contributed by atoms with Crippen LogP contribution in [0, 0.1) is 57.2 Å². The van der Waals surface area contributed by atoms with Crippen molar-refractivity contribution in [2.45, 2.75) is 44.4 Å². The molecule has 6 rings (SSSR count). The maximum atomic E-state index is 13.7. The van der Waals surface area contributed by atoms with Crippen molar-refractivity contribution in [3.63, 3.8) is 0 Å². The molecule has 0 N–H and O–H groups in total. The van der Waals surface area contributed by atoms with Gasteiger partial charge in [0.15, 0.2) is 5.41 Å². The van der Waals surface area contributed by atoms with Crippen LogP contribution in [0.3, 0.4) is 0 Å². The molecule has 4 bridgehead atoms. The summed E-state index contributed by atoms with van der Waals surface area (Å²) >= 11 is 0. The summed E-state index contributed by atoms with van der Waals surface area (Å²) in [5.41, 5.74) is -0.590. The van der Waals surface area contributed by atoms with E-state index in [4.69, 9.17) is 0 Å². The van der Waals surface area contributed by atoms with Crippen molar-refractivity contribution in [3.05, 3.63) is 30.1 Å². The number of nitriles is 2. The Hall–Kier alpha value is -2.20. The fourth-order valence-electron chi connectivity index (χ4n) is 6.81. The van der Waals surface area contributed by atoms with Crippen molar-refractivity contribution in [2.75, 3.05) is 0 Å². The lowest BCUT2D eigenvalue weighted by atomic mass is 9.48. The van der Waals surface area contributed by atoms with E-state index in [1.165, 1.54) is 19.3 Å². The van der Waals surface area contributed by atoms with Gasteiger partial charge in [-0.05, 0) is 67.9 Å². The Kier molecular flexibility index (Phi) is 2.97. The summed E-state index contributed by atoms with van der Waals surface area (Å²) in [4.78, 5) is 17.8. The predicted molar refractivity (Wildman–Crippen MR) is 89.7 cm³/mol. The topological polar surface area (TPSA) is 77.5 Å². The number of carbonyl (C=O) groups excluding carboxylic acids is 1. The minimum atomic E-state index is -1.19. The van der Waals surface area contributed by atoms with E-state index in [2.05, 4.69) is 17.1 Å². The van der Waals surface area contributed by atoms with E-state index in [0.717, 1.165) is 24.8 Å². The number of hydrogen-bond donors (Lipinski definition) is 0. The molecule has 5 fully saturated rings. The highest BCUT2D eigenvalue weighted by Gasteiger charge is 2.73. The van der Waals surface area contributed by atoms with Crippen molar-refractivity contribution in [1.82, 2.24) is 4.98 Å². The van der Waals surface area contributed by atoms with Gasteiger partial charge in [-0.3, -0.25) is 9.78 Å². The summed E-state index contributed by atoms with van der Waals surface area (Å²) in [6.07, 6.45) is 10.2. The molecule has 25 heavy (non-hydrogen) atoms. The SMILES string of the molecule is N#CC1(C#N)[C@H](c2cccnc2)[C@@H]1C(=O)C12CC3CC(CC(C3)C1)C2. The van der Waals surface area contributed by atoms with Crippen molar-refractivity contribution in [2.24, 2.45) is 34.5 Å². The van der Waals surface area contributed by atoms with Crippen LogP contribution in [0.25, 0.3) is 0 Å². The van der Waals surface area contributed by atoms with Gasteiger partial charge in [-0.1, -0.05) is 6.07 Å². The van der Waals surface area contributed by atoms with Gasteiger partial charge in [0.2, 0.25) is 0 Å². The molecule has 1 aromatic rings. The van der Waals surface area contributed by atoms with E-state index in [1.807, 2.05) is 12.1 Å². The van der Waals surface area contributed by atoms with E-state index < -0.39 is 11.3 Å². The summed E-state index contributed by atoms with van der Waals surface area (Å²) < 4.78 is 0. The summed E-state index contributed by atoms with van der Waals surface area (Å²) in [5, 5.41) is 19.5. The molecule has 0 aliphatic heterocycles. The molecule has 2 atom stereocenters. The first-order valence-electron chi connectivity index (χ1n) is 9.38. The fourth-order valence-corrected chi connectivity index (χ4v) is 6.81. The molecule has 0 aromatic carbocycles. The first-order chi connectivity index (χ1) is 12.1. The van der Waals surface area contributed by atoms with Crippen molar-refractivity contribution in [3.8, 4) is 12.1 Å². The van der Waals surface area contributed by atoms with E-state index in [0.29, 0.717) is 17.8 Å². The highest BCUT2D eigenvalue weighted by atomic mass is 16.1. The third-order valence-corrected chi connectivity index (χ3v) is 7.46. The minimum absolute atomic E-state index is 0.212. The van der Waals surface area contributed by atoms with E-state index >= 15 is 0 Å². The van der Waals surface area contributed by atoms with Gasteiger partial charge >= 0.3 is 0 Å². The average Bonchev–Trinajstić information content (AvgIpc) is 3.30.